The van der Waals surface area contributed by atoms with Gasteiger partial charge in [-0.3, -0.25) is 15.0 Å². The quantitative estimate of drug-likeness (QED) is 0.0664. The van der Waals surface area contributed by atoms with E-state index < -0.39 is 72.1 Å². The molecule has 1 aliphatic rings. The van der Waals surface area contributed by atoms with Gasteiger partial charge < -0.3 is 39.8 Å². The molecule has 17 heteroatoms. The maximum Gasteiger partial charge on any atom is 0.508 e. The minimum Gasteiger partial charge on any atom is -0.449 e. The predicted octanol–water partition coefficient (Wildman–Crippen LogP) is 0.463. The van der Waals surface area contributed by atoms with Crippen LogP contribution in [-0.2, 0) is 28.5 Å². The summed E-state index contributed by atoms with van der Waals surface area (Å²) in [5.41, 5.74) is 1.79. The van der Waals surface area contributed by atoms with Gasteiger partial charge in [0.25, 0.3) is 5.96 Å². The number of carbonyl (C=O) groups is 4. The molecule has 40 heavy (non-hydrogen) atoms. The van der Waals surface area contributed by atoms with Crippen molar-refractivity contribution in [2.75, 3.05) is 26.4 Å². The molecule has 17 nitrogen and oxygen atoms in total. The third-order valence-electron chi connectivity index (χ3n) is 5.32. The van der Waals surface area contributed by atoms with Crippen LogP contribution < -0.4 is 21.4 Å². The maximum atomic E-state index is 13.0. The van der Waals surface area contributed by atoms with Gasteiger partial charge in [0.15, 0.2) is 11.3 Å². The van der Waals surface area contributed by atoms with E-state index in [0.717, 1.165) is 0 Å². The van der Waals surface area contributed by atoms with Crippen LogP contribution in [-0.4, -0.2) is 96.8 Å². The molecule has 3 amide bonds. The smallest absolute Gasteiger partial charge is 0.449 e. The number of likely N-dealkylation sites (tertiary alicyclic amines) is 1. The number of nitro groups is 1. The third kappa shape index (κ3) is 12.3. The molecule has 0 saturated carbocycles. The molecule has 1 heterocycles. The van der Waals surface area contributed by atoms with E-state index in [2.05, 4.69) is 16.0 Å². The summed E-state index contributed by atoms with van der Waals surface area (Å²) < 4.78 is 20.5. The summed E-state index contributed by atoms with van der Waals surface area (Å²) in [5.74, 6) is -1.89. The standard InChI is InChI=1S/C23H41N7O10/c1-7-37-20-16(9-8-10-29(20)21(24)28-30(35)36)26-18(31)15(6)25-19(32)17(12-39-23(34)40-14(4)5)27-22(33)38-11-13(2)3/h13-17,20H,7-12H2,1-6H3,(H2,24,28)(H,25,32)(H,26,31)(H,27,33)/t15-,16-,17+,20?/m0/s1. The molecule has 1 saturated heterocycles. The molecule has 1 unspecified atom stereocenters. The predicted molar refractivity (Wildman–Crippen MR) is 139 cm³/mol. The van der Waals surface area contributed by atoms with E-state index in [-0.39, 0.29) is 19.1 Å². The highest BCUT2D eigenvalue weighted by atomic mass is 16.7. The van der Waals surface area contributed by atoms with Gasteiger partial charge in [-0.05, 0) is 46.5 Å². The molecule has 0 aromatic carbocycles. The Morgan fingerprint density at radius 1 is 1.05 bits per heavy atom. The number of nitrogens with zero attached hydrogens (tertiary/aromatic N) is 2. The van der Waals surface area contributed by atoms with Crippen LogP contribution in [0, 0.1) is 21.4 Å². The summed E-state index contributed by atoms with van der Waals surface area (Å²) in [6.45, 7) is 9.99. The van der Waals surface area contributed by atoms with Gasteiger partial charge in [-0.2, -0.15) is 0 Å². The third-order valence-corrected chi connectivity index (χ3v) is 5.32. The van der Waals surface area contributed by atoms with Gasteiger partial charge in [0, 0.05) is 13.2 Å². The summed E-state index contributed by atoms with van der Waals surface area (Å²) in [5, 5.41) is 25.4. The van der Waals surface area contributed by atoms with Crippen molar-refractivity contribution in [2.24, 2.45) is 5.92 Å². The van der Waals surface area contributed by atoms with Gasteiger partial charge in [0.1, 0.15) is 18.7 Å². The number of hydrogen-bond acceptors (Lipinski definition) is 11. The van der Waals surface area contributed by atoms with E-state index in [9.17, 15) is 29.3 Å². The van der Waals surface area contributed by atoms with E-state index in [1.807, 2.05) is 13.8 Å². The molecule has 1 rings (SSSR count). The lowest BCUT2D eigenvalue weighted by atomic mass is 10.0. The highest BCUT2D eigenvalue weighted by molar-refractivity contribution is 5.91. The van der Waals surface area contributed by atoms with Crippen LogP contribution in [0.15, 0.2) is 0 Å². The summed E-state index contributed by atoms with van der Waals surface area (Å²) >= 11 is 0. The highest BCUT2D eigenvalue weighted by Gasteiger charge is 2.37. The van der Waals surface area contributed by atoms with E-state index in [0.29, 0.717) is 19.4 Å². The Morgan fingerprint density at radius 2 is 1.73 bits per heavy atom. The topological polar surface area (TPSA) is 224 Å². The molecule has 0 aromatic heterocycles. The molecule has 0 aromatic rings. The number of guanidine groups is 1. The van der Waals surface area contributed by atoms with Crippen LogP contribution in [0.2, 0.25) is 0 Å². The fourth-order valence-corrected chi connectivity index (χ4v) is 3.55. The number of nitrogens with one attached hydrogen (secondary N) is 5. The van der Waals surface area contributed by atoms with Crippen molar-refractivity contribution in [1.82, 2.24) is 26.3 Å². The first-order valence-electron chi connectivity index (χ1n) is 13.0. The Bertz CT molecular complexity index is 901. The summed E-state index contributed by atoms with van der Waals surface area (Å²) in [6.07, 6.45) is -2.34. The lowest BCUT2D eigenvalue weighted by Crippen LogP contribution is -2.62. The van der Waals surface area contributed by atoms with Crippen molar-refractivity contribution in [3.63, 3.8) is 0 Å². The molecule has 1 aliphatic heterocycles. The molecule has 0 bridgehead atoms. The first-order valence-corrected chi connectivity index (χ1v) is 13.0. The van der Waals surface area contributed by atoms with Crippen LogP contribution >= 0.6 is 0 Å². The monoisotopic (exact) mass is 575 g/mol. The number of ether oxygens (including phenoxy) is 4. The SMILES string of the molecule is CCOC1[C@@H](NC(=O)[C@H](C)NC(=O)[C@@H](COC(=O)OC(C)C)NC(=O)OCC(C)C)CCCN1C(=N)N[N+](=O)[O-]. The number of carbonyl (C=O) groups excluding carboxylic acids is 4. The molecule has 1 fully saturated rings. The van der Waals surface area contributed by atoms with E-state index in [4.69, 9.17) is 24.4 Å². The van der Waals surface area contributed by atoms with E-state index >= 15 is 0 Å². The zero-order valence-electron chi connectivity index (χ0n) is 23.7. The average Bonchev–Trinajstić information content (AvgIpc) is 2.85. The van der Waals surface area contributed by atoms with Crippen LogP contribution in [0.1, 0.15) is 54.4 Å². The molecular weight excluding hydrogens is 534 g/mol. The number of rotatable bonds is 13. The van der Waals surface area contributed by atoms with Crippen LogP contribution in [0.25, 0.3) is 0 Å². The van der Waals surface area contributed by atoms with Crippen molar-refractivity contribution in [3.05, 3.63) is 10.1 Å². The largest absolute Gasteiger partial charge is 0.508 e. The summed E-state index contributed by atoms with van der Waals surface area (Å²) in [4.78, 5) is 62.0. The first kappa shape index (κ1) is 34.1. The average molecular weight is 576 g/mol. The molecule has 0 spiro atoms. The van der Waals surface area contributed by atoms with Crippen LogP contribution in [0.3, 0.4) is 0 Å². The molecule has 5 N–H and O–H groups in total. The molecule has 228 valence electrons. The van der Waals surface area contributed by atoms with E-state index in [1.165, 1.54) is 11.8 Å². The second kappa shape index (κ2) is 16.9. The highest BCUT2D eigenvalue weighted by Crippen LogP contribution is 2.19. The van der Waals surface area contributed by atoms with E-state index in [1.54, 1.807) is 26.2 Å². The van der Waals surface area contributed by atoms with Gasteiger partial charge in [-0.1, -0.05) is 19.3 Å². The fourth-order valence-electron chi connectivity index (χ4n) is 3.55. The number of hydrogen-bond donors (Lipinski definition) is 5. The Morgan fingerprint density at radius 3 is 2.30 bits per heavy atom. The van der Waals surface area contributed by atoms with Gasteiger partial charge in [-0.15, -0.1) is 0 Å². The normalized spacial score (nSPS) is 18.2. The number of alkyl carbamates (subject to hydrolysis) is 1. The lowest BCUT2D eigenvalue weighted by Gasteiger charge is -2.41. The second-order valence-corrected chi connectivity index (χ2v) is 9.66. The summed E-state index contributed by atoms with van der Waals surface area (Å²) in [6, 6.07) is -3.16. The second-order valence-electron chi connectivity index (χ2n) is 9.66. The molecule has 0 radical (unpaired) electrons. The van der Waals surface area contributed by atoms with Crippen molar-refractivity contribution >= 4 is 30.0 Å². The van der Waals surface area contributed by atoms with Crippen molar-refractivity contribution in [1.29, 1.82) is 5.41 Å². The number of amides is 3. The lowest BCUT2D eigenvalue weighted by molar-refractivity contribution is -0.527. The van der Waals surface area contributed by atoms with Gasteiger partial charge in [0.05, 0.1) is 18.8 Å². The first-order chi connectivity index (χ1) is 18.7. The Balaban J connectivity index is 2.88. The van der Waals surface area contributed by atoms with Crippen LogP contribution in [0.4, 0.5) is 9.59 Å². The zero-order chi connectivity index (χ0) is 30.4. The number of piperidine rings is 1. The molecule has 4 atom stereocenters. The van der Waals surface area contributed by atoms with Crippen molar-refractivity contribution in [3.8, 4) is 0 Å². The minimum absolute atomic E-state index is 0.0364. The molecular formula is C23H41N7O10. The maximum absolute atomic E-state index is 13.0. The van der Waals surface area contributed by atoms with Crippen molar-refractivity contribution < 1.29 is 43.2 Å². The minimum atomic E-state index is -1.40. The Labute approximate surface area is 232 Å². The van der Waals surface area contributed by atoms with Crippen LogP contribution in [0.5, 0.6) is 0 Å². The number of hydrazine groups is 1. The van der Waals surface area contributed by atoms with Gasteiger partial charge in [0.2, 0.25) is 11.8 Å². The van der Waals surface area contributed by atoms with Gasteiger partial charge in [-0.25, -0.2) is 19.7 Å². The summed E-state index contributed by atoms with van der Waals surface area (Å²) in [7, 11) is 0. The Hall–Kier alpha value is -3.89. The van der Waals surface area contributed by atoms with Gasteiger partial charge >= 0.3 is 12.2 Å². The van der Waals surface area contributed by atoms with Crippen molar-refractivity contribution in [2.45, 2.75) is 84.8 Å². The molecule has 0 aliphatic carbocycles. The Kier molecular flexibility index (Phi) is 14.5. The zero-order valence-corrected chi connectivity index (χ0v) is 23.7. The fraction of sp³-hybridized carbons (Fsp3) is 0.783.